The highest BCUT2D eigenvalue weighted by atomic mass is 19.1. The summed E-state index contributed by atoms with van der Waals surface area (Å²) in [6.45, 7) is 0.356. The van der Waals surface area contributed by atoms with Crippen molar-refractivity contribution < 1.29 is 18.7 Å². The molecule has 2 amide bonds. The molecule has 0 radical (unpaired) electrons. The molecule has 6 heteroatoms. The molecule has 0 heterocycles. The number of hydrogen-bond donors (Lipinski definition) is 2. The van der Waals surface area contributed by atoms with E-state index in [1.54, 1.807) is 30.3 Å². The number of primary amides is 1. The molecule has 152 valence electrons. The third-order valence-corrected chi connectivity index (χ3v) is 5.31. The van der Waals surface area contributed by atoms with Crippen LogP contribution < -0.4 is 15.8 Å². The fourth-order valence-electron chi connectivity index (χ4n) is 3.74. The van der Waals surface area contributed by atoms with E-state index in [4.69, 9.17) is 10.5 Å². The Morgan fingerprint density at radius 2 is 1.72 bits per heavy atom. The molecule has 0 spiro atoms. The number of rotatable bonds is 8. The van der Waals surface area contributed by atoms with Gasteiger partial charge in [0.25, 0.3) is 5.91 Å². The fourth-order valence-corrected chi connectivity index (χ4v) is 3.74. The lowest BCUT2D eigenvalue weighted by atomic mass is 9.79. The molecule has 0 bridgehead atoms. The molecular weight excluding hydrogens is 371 g/mol. The second kappa shape index (κ2) is 9.37. The first-order valence-corrected chi connectivity index (χ1v) is 9.70. The number of amides is 2. The van der Waals surface area contributed by atoms with E-state index in [2.05, 4.69) is 5.32 Å². The summed E-state index contributed by atoms with van der Waals surface area (Å²) in [5.41, 5.74) is 6.82. The highest BCUT2D eigenvalue weighted by molar-refractivity contribution is 5.91. The lowest BCUT2D eigenvalue weighted by Gasteiger charge is -2.29. The molecule has 29 heavy (non-hydrogen) atoms. The van der Waals surface area contributed by atoms with E-state index in [9.17, 15) is 14.0 Å². The van der Waals surface area contributed by atoms with Crippen LogP contribution in [0, 0.1) is 5.82 Å². The van der Waals surface area contributed by atoms with Crippen LogP contribution in [-0.2, 0) is 15.0 Å². The number of nitrogens with one attached hydrogen (secondary N) is 1. The van der Waals surface area contributed by atoms with Crippen LogP contribution in [0.3, 0.4) is 0 Å². The van der Waals surface area contributed by atoms with E-state index in [0.29, 0.717) is 12.3 Å². The van der Waals surface area contributed by atoms with Crippen LogP contribution in [0.5, 0.6) is 5.75 Å². The monoisotopic (exact) mass is 396 g/mol. The van der Waals surface area contributed by atoms with Gasteiger partial charge in [0.2, 0.25) is 5.91 Å². The van der Waals surface area contributed by atoms with Gasteiger partial charge >= 0.3 is 0 Å². The molecule has 0 aliphatic heterocycles. The molecule has 3 N–H and O–H groups in total. The average Bonchev–Trinajstić information content (AvgIpc) is 3.20. The third-order valence-electron chi connectivity index (χ3n) is 5.31. The minimum Gasteiger partial charge on any atom is -0.484 e. The van der Waals surface area contributed by atoms with E-state index in [0.717, 1.165) is 36.8 Å². The maximum Gasteiger partial charge on any atom is 0.255 e. The second-order valence-corrected chi connectivity index (χ2v) is 7.37. The van der Waals surface area contributed by atoms with Crippen molar-refractivity contribution in [2.75, 3.05) is 13.2 Å². The first-order valence-electron chi connectivity index (χ1n) is 9.70. The van der Waals surface area contributed by atoms with Gasteiger partial charge < -0.3 is 15.8 Å². The number of benzene rings is 2. The van der Waals surface area contributed by atoms with Crippen LogP contribution >= 0.6 is 0 Å². The Kier molecular flexibility index (Phi) is 6.65. The highest BCUT2D eigenvalue weighted by Crippen LogP contribution is 2.40. The van der Waals surface area contributed by atoms with E-state index in [-0.39, 0.29) is 23.7 Å². The summed E-state index contributed by atoms with van der Waals surface area (Å²) in [7, 11) is 0. The lowest BCUT2D eigenvalue weighted by Crippen LogP contribution is -2.38. The zero-order chi connectivity index (χ0) is 20.7. The second-order valence-electron chi connectivity index (χ2n) is 7.37. The third kappa shape index (κ3) is 5.67. The Labute approximate surface area is 169 Å². The Hall–Kier alpha value is -3.15. The van der Waals surface area contributed by atoms with Crippen LogP contribution in [-0.4, -0.2) is 25.0 Å². The Balaban J connectivity index is 1.57. The Morgan fingerprint density at radius 3 is 2.34 bits per heavy atom. The quantitative estimate of drug-likeness (QED) is 0.672. The average molecular weight is 396 g/mol. The van der Waals surface area contributed by atoms with E-state index < -0.39 is 5.91 Å². The summed E-state index contributed by atoms with van der Waals surface area (Å²) in [5, 5.41) is 3.00. The van der Waals surface area contributed by atoms with Gasteiger partial charge in [-0.3, -0.25) is 9.59 Å². The summed E-state index contributed by atoms with van der Waals surface area (Å²) >= 11 is 0. The van der Waals surface area contributed by atoms with Crippen molar-refractivity contribution in [1.82, 2.24) is 5.32 Å². The van der Waals surface area contributed by atoms with E-state index >= 15 is 0 Å². The molecule has 2 aromatic carbocycles. The van der Waals surface area contributed by atoms with Crippen molar-refractivity contribution in [2.24, 2.45) is 5.73 Å². The van der Waals surface area contributed by atoms with Crippen LogP contribution in [0.25, 0.3) is 6.08 Å². The van der Waals surface area contributed by atoms with Crippen molar-refractivity contribution in [3.8, 4) is 5.75 Å². The van der Waals surface area contributed by atoms with Gasteiger partial charge in [-0.2, -0.15) is 0 Å². The van der Waals surface area contributed by atoms with Crippen molar-refractivity contribution >= 4 is 17.9 Å². The smallest absolute Gasteiger partial charge is 0.255 e. The first-order chi connectivity index (χ1) is 14.0. The number of halogens is 1. The maximum absolute atomic E-state index is 13.3. The molecule has 0 saturated heterocycles. The molecule has 0 atom stereocenters. The predicted molar refractivity (Wildman–Crippen MR) is 110 cm³/mol. The van der Waals surface area contributed by atoms with E-state index in [1.165, 1.54) is 18.2 Å². The molecule has 1 aliphatic carbocycles. The minimum absolute atomic E-state index is 0.128. The Bertz CT molecular complexity index is 870. The van der Waals surface area contributed by atoms with Gasteiger partial charge in [-0.1, -0.05) is 37.1 Å². The van der Waals surface area contributed by atoms with Crippen LogP contribution in [0.4, 0.5) is 4.39 Å². The summed E-state index contributed by atoms with van der Waals surface area (Å²) in [4.78, 5) is 23.0. The molecule has 1 saturated carbocycles. The number of nitrogens with two attached hydrogens (primary N) is 1. The predicted octanol–water partition coefficient (Wildman–Crippen LogP) is 3.33. The van der Waals surface area contributed by atoms with Gasteiger partial charge in [-0.05, 0) is 54.3 Å². The topological polar surface area (TPSA) is 81.4 Å². The zero-order valence-electron chi connectivity index (χ0n) is 16.2. The molecule has 5 nitrogen and oxygen atoms in total. The lowest BCUT2D eigenvalue weighted by molar-refractivity contribution is -0.120. The number of ether oxygens (including phenoxy) is 1. The summed E-state index contributed by atoms with van der Waals surface area (Å²) in [6, 6.07) is 13.6. The zero-order valence-corrected chi connectivity index (χ0v) is 16.2. The number of carbonyl (C=O) groups is 2. The SMILES string of the molecule is NC(=O)COc1ccc(/C=C/C(=O)NCC2(c3ccc(F)cc3)CCCC2)cc1. The minimum atomic E-state index is -0.536. The number of hydrogen-bond acceptors (Lipinski definition) is 3. The summed E-state index contributed by atoms with van der Waals surface area (Å²) in [5.74, 6) is -0.424. The van der Waals surface area contributed by atoms with Crippen LogP contribution in [0.1, 0.15) is 36.8 Å². The van der Waals surface area contributed by atoms with Gasteiger partial charge in [-0.25, -0.2) is 4.39 Å². The van der Waals surface area contributed by atoms with Gasteiger partial charge in [0.05, 0.1) is 0 Å². The number of carbonyl (C=O) groups excluding carboxylic acids is 2. The molecule has 1 aliphatic rings. The molecule has 2 aromatic rings. The molecular formula is C23H25FN2O3. The summed E-state index contributed by atoms with van der Waals surface area (Å²) < 4.78 is 18.5. The van der Waals surface area contributed by atoms with Crippen molar-refractivity contribution in [3.63, 3.8) is 0 Å². The molecule has 0 unspecified atom stereocenters. The van der Waals surface area contributed by atoms with Gasteiger partial charge in [0, 0.05) is 18.0 Å². The maximum atomic E-state index is 13.3. The van der Waals surface area contributed by atoms with Crippen LogP contribution in [0.15, 0.2) is 54.6 Å². The van der Waals surface area contributed by atoms with Gasteiger partial charge in [0.1, 0.15) is 11.6 Å². The van der Waals surface area contributed by atoms with E-state index in [1.807, 2.05) is 12.1 Å². The molecule has 0 aromatic heterocycles. The first kappa shape index (κ1) is 20.6. The normalized spacial score (nSPS) is 15.3. The van der Waals surface area contributed by atoms with Crippen molar-refractivity contribution in [2.45, 2.75) is 31.1 Å². The molecule has 1 fully saturated rings. The van der Waals surface area contributed by atoms with Crippen LogP contribution in [0.2, 0.25) is 0 Å². The Morgan fingerprint density at radius 1 is 1.07 bits per heavy atom. The van der Waals surface area contributed by atoms with Gasteiger partial charge in [0.15, 0.2) is 6.61 Å². The fraction of sp³-hybridized carbons (Fsp3) is 0.304. The largest absolute Gasteiger partial charge is 0.484 e. The molecule has 3 rings (SSSR count). The van der Waals surface area contributed by atoms with Crippen molar-refractivity contribution in [3.05, 3.63) is 71.6 Å². The summed E-state index contributed by atoms with van der Waals surface area (Å²) in [6.07, 6.45) is 7.38. The van der Waals surface area contributed by atoms with Crippen molar-refractivity contribution in [1.29, 1.82) is 0 Å². The standard InChI is InChI=1S/C23H25FN2O3/c24-19-8-6-18(7-9-19)23(13-1-2-14-23)16-26-22(28)12-5-17-3-10-20(11-4-17)29-15-21(25)27/h3-12H,1-2,13-16H2,(H2,25,27)(H,26,28)/b12-5+. The van der Waals surface area contributed by atoms with Gasteiger partial charge in [-0.15, -0.1) is 0 Å². The highest BCUT2D eigenvalue weighted by Gasteiger charge is 2.35.